The summed E-state index contributed by atoms with van der Waals surface area (Å²) in [5, 5.41) is 31.3. The molecule has 232 valence electrons. The second kappa shape index (κ2) is 10.7. The van der Waals surface area contributed by atoms with E-state index in [9.17, 15) is 24.9 Å². The van der Waals surface area contributed by atoms with Crippen molar-refractivity contribution >= 4 is 11.6 Å². The highest BCUT2D eigenvalue weighted by Crippen LogP contribution is 2.70. The van der Waals surface area contributed by atoms with Gasteiger partial charge in [0.15, 0.2) is 23.5 Å². The van der Waals surface area contributed by atoms with Crippen LogP contribution in [-0.2, 0) is 32.3 Å². The summed E-state index contributed by atoms with van der Waals surface area (Å²) in [6, 6.07) is 15.0. The first kappa shape index (κ1) is 29.6. The average Bonchev–Trinajstić information content (AvgIpc) is 3.53. The zero-order valence-electron chi connectivity index (χ0n) is 25.1. The third-order valence-electron chi connectivity index (χ3n) is 11.6. The number of allylic oxidation sites excluding steroid dienone is 4. The molecular weight excluding hydrogens is 560 g/mol. The van der Waals surface area contributed by atoms with Crippen LogP contribution in [0.2, 0.25) is 0 Å². The highest BCUT2D eigenvalue weighted by molar-refractivity contribution is 6.01. The molecule has 0 spiro atoms. The largest absolute Gasteiger partial charge is 0.489 e. The van der Waals surface area contributed by atoms with Crippen LogP contribution in [0, 0.1) is 28.6 Å². The molecule has 0 amide bonds. The molecule has 5 aliphatic rings. The fourth-order valence-electron chi connectivity index (χ4n) is 9.46. The first-order chi connectivity index (χ1) is 21.1. The average molecular weight is 601 g/mol. The van der Waals surface area contributed by atoms with Crippen LogP contribution in [0.15, 0.2) is 72.3 Å². The van der Waals surface area contributed by atoms with Crippen molar-refractivity contribution in [3.63, 3.8) is 0 Å². The van der Waals surface area contributed by atoms with Crippen molar-refractivity contribution in [3.05, 3.63) is 89.0 Å². The minimum absolute atomic E-state index is 0.00380. The van der Waals surface area contributed by atoms with Crippen LogP contribution in [0.1, 0.15) is 62.5 Å². The van der Waals surface area contributed by atoms with Gasteiger partial charge in [-0.3, -0.25) is 9.59 Å². The van der Waals surface area contributed by atoms with Crippen LogP contribution in [-0.4, -0.2) is 51.3 Å². The summed E-state index contributed by atoms with van der Waals surface area (Å²) >= 11 is 0. The van der Waals surface area contributed by atoms with Gasteiger partial charge in [-0.05, 0) is 72.9 Å². The van der Waals surface area contributed by atoms with E-state index in [4.69, 9.17) is 14.2 Å². The molecule has 3 N–H and O–H groups in total. The Morgan fingerprint density at radius 3 is 2.48 bits per heavy atom. The third kappa shape index (κ3) is 4.30. The fraction of sp³-hybridized carbons (Fsp3) is 0.500. The first-order valence-electron chi connectivity index (χ1n) is 15.6. The fourth-order valence-corrected chi connectivity index (χ4v) is 9.46. The van der Waals surface area contributed by atoms with Gasteiger partial charge in [0.25, 0.3) is 0 Å². The molecule has 0 unspecified atom stereocenters. The van der Waals surface area contributed by atoms with E-state index in [2.05, 4.69) is 6.92 Å². The number of benzene rings is 2. The molecule has 1 aliphatic heterocycles. The topological polar surface area (TPSA) is 123 Å². The lowest BCUT2D eigenvalue weighted by molar-refractivity contribution is -0.201. The van der Waals surface area contributed by atoms with Gasteiger partial charge in [-0.15, -0.1) is 0 Å². The predicted octanol–water partition coefficient (Wildman–Crippen LogP) is 4.36. The number of carbonyl (C=O) groups is 2. The minimum atomic E-state index is -1.37. The Kier molecular flexibility index (Phi) is 7.22. The van der Waals surface area contributed by atoms with Gasteiger partial charge in [-0.1, -0.05) is 61.9 Å². The smallest absolute Gasteiger partial charge is 0.193 e. The Hall–Kier alpha value is -3.14. The van der Waals surface area contributed by atoms with Crippen LogP contribution in [0.25, 0.3) is 0 Å². The molecule has 0 aromatic heterocycles. The molecule has 2 aromatic rings. The Morgan fingerprint density at radius 1 is 1.05 bits per heavy atom. The van der Waals surface area contributed by atoms with Crippen LogP contribution < -0.4 is 4.74 Å². The molecule has 4 aliphatic carbocycles. The van der Waals surface area contributed by atoms with Gasteiger partial charge in [0, 0.05) is 22.3 Å². The molecule has 1 heterocycles. The lowest BCUT2D eigenvalue weighted by Gasteiger charge is -2.59. The van der Waals surface area contributed by atoms with Gasteiger partial charge in [0.05, 0.1) is 18.8 Å². The van der Waals surface area contributed by atoms with E-state index in [1.807, 2.05) is 61.5 Å². The maximum absolute atomic E-state index is 13.7. The number of ketones is 2. The molecule has 8 nitrogen and oxygen atoms in total. The minimum Gasteiger partial charge on any atom is -0.489 e. The van der Waals surface area contributed by atoms with Crippen molar-refractivity contribution in [3.8, 4) is 5.75 Å². The van der Waals surface area contributed by atoms with Crippen LogP contribution in [0.5, 0.6) is 5.75 Å². The molecule has 2 aromatic carbocycles. The molecule has 3 saturated carbocycles. The SMILES string of the molecule is C[C@]12C=CC(=O)C=C1CC[C@@H]1[C@@H]2[C@@H](O)C[C@@]2(C)[C@H]1C[C@H]1O[C@@H](c3ccc(COc4ccc(CO)cc4)cc3)O[C@]12C(=O)CO. The summed E-state index contributed by atoms with van der Waals surface area (Å²) in [5.74, 6) is 0.385. The molecule has 44 heavy (non-hydrogen) atoms. The van der Waals surface area contributed by atoms with Crippen molar-refractivity contribution in [2.45, 2.75) is 76.8 Å². The Morgan fingerprint density at radius 2 is 1.77 bits per heavy atom. The van der Waals surface area contributed by atoms with E-state index in [-0.39, 0.29) is 30.1 Å². The second-order valence-electron chi connectivity index (χ2n) is 13.7. The number of Topliss-reactive ketones (excluding diaryl/α,β-unsaturated/α-hetero) is 1. The second-order valence-corrected chi connectivity index (χ2v) is 13.7. The first-order valence-corrected chi connectivity index (χ1v) is 15.6. The number of carbonyl (C=O) groups excluding carboxylic acids is 2. The van der Waals surface area contributed by atoms with Crippen molar-refractivity contribution in [1.29, 1.82) is 0 Å². The van der Waals surface area contributed by atoms with Gasteiger partial charge < -0.3 is 29.5 Å². The highest BCUT2D eigenvalue weighted by Gasteiger charge is 2.75. The molecule has 7 rings (SSSR count). The van der Waals surface area contributed by atoms with Gasteiger partial charge in [-0.2, -0.15) is 0 Å². The molecule has 1 saturated heterocycles. The zero-order chi connectivity index (χ0) is 30.9. The predicted molar refractivity (Wildman–Crippen MR) is 160 cm³/mol. The number of fused-ring (bicyclic) bond motifs is 7. The van der Waals surface area contributed by atoms with Crippen molar-refractivity contribution in [2.24, 2.45) is 28.6 Å². The number of hydrogen-bond donors (Lipinski definition) is 3. The number of hydrogen-bond acceptors (Lipinski definition) is 8. The summed E-state index contributed by atoms with van der Waals surface area (Å²) in [4.78, 5) is 25.9. The summed E-state index contributed by atoms with van der Waals surface area (Å²) in [6.07, 6.45) is 5.83. The van der Waals surface area contributed by atoms with Gasteiger partial charge in [0.2, 0.25) is 0 Å². The normalized spacial score (nSPS) is 38.8. The standard InChI is InChI=1S/C36H40O8/c1-34-14-13-25(39)15-24(34)9-12-27-28-16-31-36(30(41)19-38,35(28,2)17-29(40)32(27)34)44-33(43-31)23-7-3-22(4-8-23)20-42-26-10-5-21(18-37)6-11-26/h3-8,10-11,13-15,27-29,31-33,37-38,40H,9,12,16-20H2,1-2H3/t27-,28-,29-,31+,32+,33+,34-,35-,36+/m0/s1. The third-order valence-corrected chi connectivity index (χ3v) is 11.6. The number of ether oxygens (including phenoxy) is 3. The summed E-state index contributed by atoms with van der Waals surface area (Å²) < 4.78 is 19.1. The number of aliphatic hydroxyl groups excluding tert-OH is 3. The van der Waals surface area contributed by atoms with E-state index >= 15 is 0 Å². The summed E-state index contributed by atoms with van der Waals surface area (Å²) in [7, 11) is 0. The maximum Gasteiger partial charge on any atom is 0.193 e. The van der Waals surface area contributed by atoms with E-state index in [0.717, 1.165) is 35.1 Å². The van der Waals surface area contributed by atoms with Gasteiger partial charge >= 0.3 is 0 Å². The molecule has 8 heteroatoms. The molecule has 4 fully saturated rings. The van der Waals surface area contributed by atoms with Crippen LogP contribution in [0.4, 0.5) is 0 Å². The Bertz CT molecular complexity index is 1510. The highest BCUT2D eigenvalue weighted by atomic mass is 16.7. The van der Waals surface area contributed by atoms with Crippen molar-refractivity contribution in [2.75, 3.05) is 6.61 Å². The molecule has 9 atom stereocenters. The molecule has 0 radical (unpaired) electrons. The van der Waals surface area contributed by atoms with E-state index in [1.54, 1.807) is 12.2 Å². The van der Waals surface area contributed by atoms with Gasteiger partial charge in [0.1, 0.15) is 19.0 Å². The zero-order valence-corrected chi connectivity index (χ0v) is 25.1. The van der Waals surface area contributed by atoms with E-state index in [0.29, 0.717) is 25.2 Å². The summed E-state index contributed by atoms with van der Waals surface area (Å²) in [6.45, 7) is 3.85. The van der Waals surface area contributed by atoms with Crippen molar-refractivity contribution < 1.29 is 39.1 Å². The number of aliphatic hydroxyl groups is 3. The van der Waals surface area contributed by atoms with Gasteiger partial charge in [-0.25, -0.2) is 0 Å². The van der Waals surface area contributed by atoms with Crippen LogP contribution >= 0.6 is 0 Å². The maximum atomic E-state index is 13.7. The molecule has 0 bridgehead atoms. The Labute approximate surface area is 257 Å². The van der Waals surface area contributed by atoms with E-state index in [1.165, 1.54) is 0 Å². The van der Waals surface area contributed by atoms with E-state index < -0.39 is 47.3 Å². The lowest BCUT2D eigenvalue weighted by Crippen LogP contribution is -2.63. The monoisotopic (exact) mass is 600 g/mol. The number of rotatable bonds is 7. The quantitative estimate of drug-likeness (QED) is 0.429. The lowest BCUT2D eigenvalue weighted by atomic mass is 9.46. The Balaban J connectivity index is 1.12. The summed E-state index contributed by atoms with van der Waals surface area (Å²) in [5.41, 5.74) is 1.09. The van der Waals surface area contributed by atoms with Crippen molar-refractivity contribution in [1.82, 2.24) is 0 Å². The molecular formula is C36H40O8. The van der Waals surface area contributed by atoms with Crippen LogP contribution in [0.3, 0.4) is 0 Å².